The molecular formula is C25H35N4O18P3. The van der Waals surface area contributed by atoms with Gasteiger partial charge >= 0.3 is 29.2 Å². The van der Waals surface area contributed by atoms with Gasteiger partial charge in [-0.15, -0.1) is 0 Å². The minimum atomic E-state index is -5.80. The van der Waals surface area contributed by atoms with E-state index in [-0.39, 0.29) is 41.1 Å². The van der Waals surface area contributed by atoms with E-state index in [1.54, 1.807) is 20.8 Å². The van der Waals surface area contributed by atoms with Crippen molar-refractivity contribution in [2.45, 2.75) is 58.3 Å². The van der Waals surface area contributed by atoms with Gasteiger partial charge in [0.05, 0.1) is 60.7 Å². The summed E-state index contributed by atoms with van der Waals surface area (Å²) in [7, 11) is -15.6. The predicted octanol–water partition coefficient (Wildman–Crippen LogP) is 1.06. The zero-order valence-electron chi connectivity index (χ0n) is 26.7. The monoisotopic (exact) mass is 772 g/mol. The number of aliphatic hydroxyl groups excluding tert-OH is 1. The largest absolute Gasteiger partial charge is 0.495 e. The van der Waals surface area contributed by atoms with E-state index in [9.17, 15) is 48.3 Å². The number of rotatable bonds is 14. The zero-order chi connectivity index (χ0) is 37.8. The molecule has 25 heteroatoms. The van der Waals surface area contributed by atoms with Crippen molar-refractivity contribution < 1.29 is 70.7 Å². The van der Waals surface area contributed by atoms with E-state index in [1.807, 2.05) is 0 Å². The first-order valence-electron chi connectivity index (χ1n) is 14.1. The average molecular weight is 772 g/mol. The van der Waals surface area contributed by atoms with Gasteiger partial charge in [0.25, 0.3) is 11.2 Å². The Bertz CT molecular complexity index is 1910. The maximum absolute atomic E-state index is 12.8. The summed E-state index contributed by atoms with van der Waals surface area (Å²) in [6, 6.07) is 2.62. The number of phosphoric ester groups is 1. The minimum absolute atomic E-state index is 0.00331. The number of methoxy groups -OCH3 is 1. The highest BCUT2D eigenvalue weighted by Gasteiger charge is 2.43. The molecule has 0 amide bonds. The molecule has 1 aromatic heterocycles. The van der Waals surface area contributed by atoms with Crippen LogP contribution < -0.4 is 21.7 Å². The highest BCUT2D eigenvalue weighted by Crippen LogP contribution is 2.66. The summed E-state index contributed by atoms with van der Waals surface area (Å²) in [5.74, 6) is 5.54. The number of aliphatic hydroxyl groups is 1. The van der Waals surface area contributed by atoms with Crippen LogP contribution in [0.5, 0.6) is 5.75 Å². The topological polar surface area (TPSA) is 332 Å². The zero-order valence-corrected chi connectivity index (χ0v) is 29.4. The lowest BCUT2D eigenvalue weighted by atomic mass is 9.83. The van der Waals surface area contributed by atoms with Crippen molar-refractivity contribution in [3.8, 4) is 17.6 Å². The Balaban J connectivity index is 1.85. The number of nitrogens with two attached hydrogens (primary N) is 1. The summed E-state index contributed by atoms with van der Waals surface area (Å²) < 4.78 is 64.0. The molecule has 50 heavy (non-hydrogen) atoms. The standard InChI is InChI=1S/C25H35N4O18P3/c1-25(2,3)22(16-9-19(42-4)14(6-5-7-26)8-17(16)29(33)34)43-12-15-11-28(24(32)27-23(15)31)21-10-18(30)20(45-21)13-44-49(38,39)47-50(40,41)46-48(35,36)37/h8-9,11,18,20-22,30H,7,10,12-13,26H2,1-4H3,(H,38,39)(H,40,41)(H,27,31,32)(H2,35,36,37)/t18-,20+,21-,22+/m0/s1. The number of ether oxygens (including phenoxy) is 3. The van der Waals surface area contributed by atoms with Gasteiger partial charge in [-0.1, -0.05) is 32.6 Å². The smallest absolute Gasteiger partial charge is 0.490 e. The molecule has 2 aromatic rings. The van der Waals surface area contributed by atoms with Crippen LogP contribution in [0.4, 0.5) is 5.69 Å². The van der Waals surface area contributed by atoms with Crippen LogP contribution in [0, 0.1) is 27.4 Å². The van der Waals surface area contributed by atoms with Crippen LogP contribution in [0.3, 0.4) is 0 Å². The summed E-state index contributed by atoms with van der Waals surface area (Å²) in [5, 5.41) is 22.6. The van der Waals surface area contributed by atoms with Gasteiger partial charge in [-0.2, -0.15) is 8.62 Å². The molecule has 8 N–H and O–H groups in total. The van der Waals surface area contributed by atoms with Crippen molar-refractivity contribution >= 4 is 29.2 Å². The molecule has 0 spiro atoms. The number of phosphoric acid groups is 3. The molecule has 1 fully saturated rings. The van der Waals surface area contributed by atoms with E-state index < -0.39 is 82.8 Å². The van der Waals surface area contributed by atoms with Crippen LogP contribution in [0.1, 0.15) is 56.2 Å². The van der Waals surface area contributed by atoms with Crippen LogP contribution in [-0.4, -0.2) is 71.6 Å². The third-order valence-corrected chi connectivity index (χ3v) is 10.5. The maximum Gasteiger partial charge on any atom is 0.490 e. The Morgan fingerprint density at radius 1 is 1.16 bits per heavy atom. The molecular weight excluding hydrogens is 737 g/mol. The number of nitrogens with one attached hydrogen (secondary N) is 1. The number of H-pyrrole nitrogens is 1. The first kappa shape index (κ1) is 41.3. The number of hydrogen-bond acceptors (Lipinski definition) is 15. The van der Waals surface area contributed by atoms with Crippen LogP contribution in [0.15, 0.2) is 27.9 Å². The lowest BCUT2D eigenvalue weighted by Crippen LogP contribution is -2.35. The Kier molecular flexibility index (Phi) is 13.3. The summed E-state index contributed by atoms with van der Waals surface area (Å²) in [6.07, 6.45) is -4.58. The van der Waals surface area contributed by atoms with E-state index >= 15 is 0 Å². The summed E-state index contributed by atoms with van der Waals surface area (Å²) in [5.41, 5.74) is 2.58. The molecule has 2 heterocycles. The Morgan fingerprint density at radius 2 is 1.82 bits per heavy atom. The number of hydrogen-bond donors (Lipinski definition) is 7. The van der Waals surface area contributed by atoms with Crippen LogP contribution in [0.2, 0.25) is 0 Å². The second-order valence-corrected chi connectivity index (χ2v) is 16.0. The second-order valence-electron chi connectivity index (χ2n) is 11.6. The third-order valence-electron chi connectivity index (χ3n) is 6.72. The number of nitro benzene ring substituents is 1. The second kappa shape index (κ2) is 16.1. The summed E-state index contributed by atoms with van der Waals surface area (Å²) in [4.78, 5) is 75.3. The number of aromatic amines is 1. The number of benzene rings is 1. The molecule has 1 saturated heterocycles. The molecule has 278 valence electrons. The molecule has 0 radical (unpaired) electrons. The lowest BCUT2D eigenvalue weighted by Gasteiger charge is -2.31. The van der Waals surface area contributed by atoms with Gasteiger partial charge < -0.3 is 44.6 Å². The van der Waals surface area contributed by atoms with Gasteiger partial charge in [0.2, 0.25) is 0 Å². The SMILES string of the molecule is COc1cc([C@@H](OCc2cn([C@@H]3C[C@H](O)[C@@H](COP(=O)(O)OP(=O)(O)OP(=O)(O)O)O3)c(=O)[nH]c2=O)C(C)(C)C)c([N+](=O)[O-])cc1C#CCN. The Hall–Kier alpha value is -3.09. The van der Waals surface area contributed by atoms with Gasteiger partial charge in [-0.05, 0) is 11.5 Å². The fraction of sp³-hybridized carbons (Fsp3) is 0.520. The van der Waals surface area contributed by atoms with Crippen LogP contribution >= 0.6 is 23.5 Å². The number of aromatic nitrogens is 2. The van der Waals surface area contributed by atoms with Crippen molar-refractivity contribution in [1.29, 1.82) is 0 Å². The quantitative estimate of drug-likeness (QED) is 0.0611. The Morgan fingerprint density at radius 3 is 2.38 bits per heavy atom. The highest BCUT2D eigenvalue weighted by molar-refractivity contribution is 7.66. The van der Waals surface area contributed by atoms with Crippen molar-refractivity contribution in [3.63, 3.8) is 0 Å². The van der Waals surface area contributed by atoms with Crippen molar-refractivity contribution in [2.24, 2.45) is 11.1 Å². The average Bonchev–Trinajstić information content (AvgIpc) is 3.33. The van der Waals surface area contributed by atoms with Gasteiger partial charge in [-0.25, -0.2) is 18.5 Å². The first-order valence-corrected chi connectivity index (χ1v) is 18.6. The molecule has 2 unspecified atom stereocenters. The molecule has 22 nitrogen and oxygen atoms in total. The molecule has 0 aliphatic carbocycles. The molecule has 0 bridgehead atoms. The van der Waals surface area contributed by atoms with E-state index in [0.29, 0.717) is 0 Å². The molecule has 6 atom stereocenters. The van der Waals surface area contributed by atoms with Gasteiger partial charge in [0, 0.05) is 18.7 Å². The summed E-state index contributed by atoms with van der Waals surface area (Å²) >= 11 is 0. The summed E-state index contributed by atoms with van der Waals surface area (Å²) in [6.45, 7) is 3.71. The Labute approximate surface area is 282 Å². The lowest BCUT2D eigenvalue weighted by molar-refractivity contribution is -0.386. The van der Waals surface area contributed by atoms with Crippen LogP contribution in [-0.2, 0) is 42.9 Å². The van der Waals surface area contributed by atoms with Gasteiger partial charge in [-0.3, -0.25) is 29.0 Å². The maximum atomic E-state index is 12.8. The fourth-order valence-corrected chi connectivity index (χ4v) is 7.72. The molecule has 1 aromatic carbocycles. The van der Waals surface area contributed by atoms with Crippen molar-refractivity contribution in [3.05, 3.63) is 66.0 Å². The minimum Gasteiger partial charge on any atom is -0.495 e. The van der Waals surface area contributed by atoms with Crippen LogP contribution in [0.25, 0.3) is 0 Å². The number of nitrogens with zero attached hydrogens (tertiary/aromatic N) is 2. The molecule has 1 aliphatic heterocycles. The van der Waals surface area contributed by atoms with E-state index in [4.69, 9.17) is 29.7 Å². The third kappa shape index (κ3) is 11.2. The molecule has 3 rings (SSSR count). The van der Waals surface area contributed by atoms with E-state index in [1.165, 1.54) is 19.2 Å². The van der Waals surface area contributed by atoms with E-state index in [0.717, 1.165) is 10.8 Å². The van der Waals surface area contributed by atoms with Crippen molar-refractivity contribution in [1.82, 2.24) is 9.55 Å². The normalized spacial score (nSPS) is 21.0. The van der Waals surface area contributed by atoms with Crippen molar-refractivity contribution in [2.75, 3.05) is 20.3 Å². The van der Waals surface area contributed by atoms with E-state index in [2.05, 4.69) is 30.0 Å². The first-order chi connectivity index (χ1) is 23.0. The molecule has 1 aliphatic rings. The van der Waals surface area contributed by atoms with Gasteiger partial charge in [0.15, 0.2) is 0 Å². The highest BCUT2D eigenvalue weighted by atomic mass is 31.3. The predicted molar refractivity (Wildman–Crippen MR) is 168 cm³/mol. The molecule has 0 saturated carbocycles. The van der Waals surface area contributed by atoms with Gasteiger partial charge in [0.1, 0.15) is 18.1 Å². The fourth-order valence-electron chi connectivity index (χ4n) is 4.70. The number of nitro groups is 1.